The fourth-order valence-electron chi connectivity index (χ4n) is 1.46. The lowest BCUT2D eigenvalue weighted by Gasteiger charge is -2.04. The van der Waals surface area contributed by atoms with E-state index in [4.69, 9.17) is 0 Å². The van der Waals surface area contributed by atoms with Gasteiger partial charge in [-0.05, 0) is 46.7 Å². The maximum atomic E-state index is 10.6. The van der Waals surface area contributed by atoms with Crippen molar-refractivity contribution in [2.45, 2.75) is 19.2 Å². The van der Waals surface area contributed by atoms with Gasteiger partial charge in [-0.25, -0.2) is 9.97 Å². The molecule has 2 aromatic rings. The summed E-state index contributed by atoms with van der Waals surface area (Å²) >= 11 is -0.0495. The van der Waals surface area contributed by atoms with E-state index in [1.54, 1.807) is 12.3 Å². The molecule has 0 saturated carbocycles. The fourth-order valence-corrected chi connectivity index (χ4v) is 2.50. The molecule has 2 heterocycles. The Labute approximate surface area is 120 Å². The molecule has 18 heavy (non-hydrogen) atoms. The van der Waals surface area contributed by atoms with Crippen molar-refractivity contribution in [2.75, 3.05) is 0 Å². The maximum Gasteiger partial charge on any atom is 0.140 e. The molecule has 2 aromatic heterocycles. The molecule has 6 nitrogen and oxygen atoms in total. The third kappa shape index (κ3) is 3.12. The zero-order valence-corrected chi connectivity index (χ0v) is 12.5. The molecule has 0 aliphatic rings. The first-order valence-electron chi connectivity index (χ1n) is 5.21. The number of nitrogens with zero attached hydrogens (tertiary/aromatic N) is 4. The Morgan fingerprint density at radius 2 is 2.33 bits per heavy atom. The van der Waals surface area contributed by atoms with Crippen molar-refractivity contribution in [2.24, 2.45) is 0 Å². The topological polar surface area (TPSA) is 83.7 Å². The Morgan fingerprint density at radius 3 is 2.94 bits per heavy atom. The summed E-state index contributed by atoms with van der Waals surface area (Å²) in [4.78, 5) is 8.16. The Bertz CT molecular complexity index is 587. The van der Waals surface area contributed by atoms with Crippen LogP contribution in [0, 0.1) is 3.70 Å². The lowest BCUT2D eigenvalue weighted by Crippen LogP contribution is -2.00. The summed E-state index contributed by atoms with van der Waals surface area (Å²) in [5.41, 5.74) is 1.58. The van der Waals surface area contributed by atoms with Gasteiger partial charge in [0, 0.05) is 18.9 Å². The highest BCUT2D eigenvalue weighted by molar-refractivity contribution is 14.1. The first kappa shape index (κ1) is 13.6. The summed E-state index contributed by atoms with van der Waals surface area (Å²) in [5.74, 6) is 0.118. The van der Waals surface area contributed by atoms with E-state index in [-0.39, 0.29) is 5.75 Å². The van der Waals surface area contributed by atoms with Gasteiger partial charge < -0.3 is 4.55 Å². The number of halogens is 1. The van der Waals surface area contributed by atoms with Crippen molar-refractivity contribution >= 4 is 33.7 Å². The van der Waals surface area contributed by atoms with Crippen molar-refractivity contribution in [3.63, 3.8) is 0 Å². The highest BCUT2D eigenvalue weighted by atomic mass is 127. The minimum absolute atomic E-state index is 0.174. The summed E-state index contributed by atoms with van der Waals surface area (Å²) in [7, 11) is 0. The zero-order valence-electron chi connectivity index (χ0n) is 9.54. The highest BCUT2D eigenvalue weighted by Gasteiger charge is 2.10. The molecule has 0 fully saturated rings. The molecular formula is C10H10IN4O2S-. The SMILES string of the molecule is CCn1cc(-c2ccnc(CS(=O)[O-])n2)c(I)n1. The van der Waals surface area contributed by atoms with E-state index in [0.29, 0.717) is 11.5 Å². The second-order valence-electron chi connectivity index (χ2n) is 3.50. The van der Waals surface area contributed by atoms with E-state index in [1.807, 2.05) is 17.8 Å². The number of aryl methyl sites for hydroxylation is 1. The lowest BCUT2D eigenvalue weighted by atomic mass is 10.2. The molecule has 0 radical (unpaired) electrons. The molecule has 96 valence electrons. The van der Waals surface area contributed by atoms with Crippen LogP contribution in [0.2, 0.25) is 0 Å². The Morgan fingerprint density at radius 1 is 1.56 bits per heavy atom. The van der Waals surface area contributed by atoms with Gasteiger partial charge >= 0.3 is 0 Å². The maximum absolute atomic E-state index is 10.6. The molecule has 0 spiro atoms. The third-order valence-corrected chi connectivity index (χ3v) is 3.56. The monoisotopic (exact) mass is 377 g/mol. The molecule has 0 saturated heterocycles. The molecule has 0 aliphatic heterocycles. The van der Waals surface area contributed by atoms with Crippen molar-refractivity contribution in [3.05, 3.63) is 28.0 Å². The molecule has 1 unspecified atom stereocenters. The number of hydrogen-bond donors (Lipinski definition) is 0. The molecule has 1 atom stereocenters. The zero-order chi connectivity index (χ0) is 13.1. The van der Waals surface area contributed by atoms with Gasteiger partial charge in [0.15, 0.2) is 0 Å². The summed E-state index contributed by atoms with van der Waals surface area (Å²) in [5, 5.41) is 4.32. The largest absolute Gasteiger partial charge is 0.772 e. The van der Waals surface area contributed by atoms with Crippen LogP contribution in [-0.2, 0) is 23.4 Å². The average Bonchev–Trinajstić information content (AvgIpc) is 2.70. The molecule has 2 rings (SSSR count). The van der Waals surface area contributed by atoms with Gasteiger partial charge in [0.25, 0.3) is 0 Å². The van der Waals surface area contributed by atoms with E-state index < -0.39 is 11.1 Å². The molecule has 0 N–H and O–H groups in total. The van der Waals surface area contributed by atoms with Gasteiger partial charge in [0.1, 0.15) is 9.53 Å². The average molecular weight is 377 g/mol. The molecule has 0 aliphatic carbocycles. The summed E-state index contributed by atoms with van der Waals surface area (Å²) in [6.07, 6.45) is 3.45. The molecule has 0 aromatic carbocycles. The van der Waals surface area contributed by atoms with Crippen LogP contribution in [0.3, 0.4) is 0 Å². The number of hydrogen-bond acceptors (Lipinski definition) is 5. The Hall–Kier alpha value is -0.870. The van der Waals surface area contributed by atoms with Crippen molar-refractivity contribution in [1.29, 1.82) is 0 Å². The second kappa shape index (κ2) is 5.85. The van der Waals surface area contributed by atoms with Crippen LogP contribution >= 0.6 is 22.6 Å². The standard InChI is InChI=1S/C10H11IN4O2S/c1-2-15-5-7(10(11)14-15)8-3-4-12-9(13-8)6-18(16)17/h3-5H,2,6H2,1H3,(H,16,17)/p-1. The molecular weight excluding hydrogens is 367 g/mol. The van der Waals surface area contributed by atoms with Gasteiger partial charge in [-0.2, -0.15) is 5.10 Å². The van der Waals surface area contributed by atoms with Crippen LogP contribution in [0.25, 0.3) is 11.3 Å². The first-order valence-corrected chi connectivity index (χ1v) is 7.53. The van der Waals surface area contributed by atoms with Crippen molar-refractivity contribution in [3.8, 4) is 11.3 Å². The fraction of sp³-hybridized carbons (Fsp3) is 0.300. The third-order valence-electron chi connectivity index (χ3n) is 2.27. The molecule has 0 amide bonds. The van der Waals surface area contributed by atoms with Crippen LogP contribution in [0.15, 0.2) is 18.5 Å². The summed E-state index contributed by atoms with van der Waals surface area (Å²) in [6, 6.07) is 1.75. The van der Waals surface area contributed by atoms with E-state index in [1.165, 1.54) is 0 Å². The van der Waals surface area contributed by atoms with Crippen LogP contribution in [-0.4, -0.2) is 28.5 Å². The van der Waals surface area contributed by atoms with Crippen LogP contribution < -0.4 is 0 Å². The number of rotatable bonds is 4. The Balaban J connectivity index is 2.37. The van der Waals surface area contributed by atoms with Gasteiger partial charge in [-0.15, -0.1) is 0 Å². The van der Waals surface area contributed by atoms with Crippen LogP contribution in [0.5, 0.6) is 0 Å². The molecule has 8 heteroatoms. The minimum atomic E-state index is -2.18. The quantitative estimate of drug-likeness (QED) is 0.593. The van der Waals surface area contributed by atoms with E-state index in [0.717, 1.165) is 15.8 Å². The smallest absolute Gasteiger partial charge is 0.140 e. The van der Waals surface area contributed by atoms with Gasteiger partial charge in [-0.3, -0.25) is 8.89 Å². The predicted molar refractivity (Wildman–Crippen MR) is 74.3 cm³/mol. The van der Waals surface area contributed by atoms with Crippen LogP contribution in [0.1, 0.15) is 12.7 Å². The summed E-state index contributed by atoms with van der Waals surface area (Å²) < 4.78 is 23.9. The van der Waals surface area contributed by atoms with Crippen LogP contribution in [0.4, 0.5) is 0 Å². The van der Waals surface area contributed by atoms with E-state index >= 15 is 0 Å². The molecule has 0 bridgehead atoms. The predicted octanol–water partition coefficient (Wildman–Crippen LogP) is 1.34. The highest BCUT2D eigenvalue weighted by Crippen LogP contribution is 2.22. The lowest BCUT2D eigenvalue weighted by molar-refractivity contribution is 0.535. The van der Waals surface area contributed by atoms with E-state index in [2.05, 4.69) is 37.7 Å². The number of aromatic nitrogens is 4. The second-order valence-corrected chi connectivity index (χ2v) is 5.41. The van der Waals surface area contributed by atoms with Gasteiger partial charge in [0.05, 0.1) is 17.0 Å². The van der Waals surface area contributed by atoms with Gasteiger partial charge in [0.2, 0.25) is 0 Å². The summed E-state index contributed by atoms with van der Waals surface area (Å²) in [6.45, 7) is 2.78. The first-order chi connectivity index (χ1) is 8.60. The van der Waals surface area contributed by atoms with Crippen molar-refractivity contribution < 1.29 is 8.76 Å². The van der Waals surface area contributed by atoms with Crippen molar-refractivity contribution in [1.82, 2.24) is 19.7 Å². The normalized spacial score (nSPS) is 12.6. The Kier molecular flexibility index (Phi) is 4.40. The minimum Gasteiger partial charge on any atom is -0.772 e. The van der Waals surface area contributed by atoms with E-state index in [9.17, 15) is 8.76 Å². The van der Waals surface area contributed by atoms with Gasteiger partial charge in [-0.1, -0.05) is 0 Å².